The fraction of sp³-hybridized carbons (Fsp3) is 0.211. The highest BCUT2D eigenvalue weighted by molar-refractivity contribution is 5.89. The number of rotatable bonds is 4. The Morgan fingerprint density at radius 2 is 2.04 bits per heavy atom. The van der Waals surface area contributed by atoms with Gasteiger partial charge < -0.3 is 9.84 Å². The number of nitrogens with zero attached hydrogens (tertiary/aromatic N) is 3. The van der Waals surface area contributed by atoms with E-state index in [1.165, 1.54) is 24.3 Å². The average molecular weight is 353 g/mol. The second-order valence-corrected chi connectivity index (χ2v) is 5.94. The van der Waals surface area contributed by atoms with E-state index >= 15 is 0 Å². The van der Waals surface area contributed by atoms with Crippen LogP contribution in [0.1, 0.15) is 24.5 Å². The highest BCUT2D eigenvalue weighted by Crippen LogP contribution is 2.35. The summed E-state index contributed by atoms with van der Waals surface area (Å²) >= 11 is 0. The van der Waals surface area contributed by atoms with Gasteiger partial charge in [-0.05, 0) is 31.2 Å². The van der Waals surface area contributed by atoms with E-state index in [2.05, 4.69) is 5.10 Å². The van der Waals surface area contributed by atoms with Crippen molar-refractivity contribution in [2.75, 3.05) is 6.61 Å². The number of hydrazone groups is 1. The number of carbonyl (C=O) groups is 1. The Morgan fingerprint density at radius 1 is 1.35 bits per heavy atom. The number of ether oxygens (including phenoxy) is 1. The Kier molecular flexibility index (Phi) is 4.69. The van der Waals surface area contributed by atoms with Crippen LogP contribution in [0.2, 0.25) is 0 Å². The molecule has 0 spiro atoms. The molecule has 0 bridgehead atoms. The first-order chi connectivity index (χ1) is 12.4. The molecular weight excluding hydrogens is 337 g/mol. The van der Waals surface area contributed by atoms with E-state index in [-0.39, 0.29) is 12.2 Å². The van der Waals surface area contributed by atoms with Crippen LogP contribution in [-0.2, 0) is 10.5 Å². The molecule has 0 aromatic heterocycles. The Balaban J connectivity index is 1.80. The number of benzene rings is 2. The maximum absolute atomic E-state index is 13.2. The van der Waals surface area contributed by atoms with Crippen LogP contribution in [-0.4, -0.2) is 28.3 Å². The van der Waals surface area contributed by atoms with Crippen molar-refractivity contribution in [1.82, 2.24) is 5.01 Å². The van der Waals surface area contributed by atoms with Crippen LogP contribution >= 0.6 is 0 Å². The van der Waals surface area contributed by atoms with Crippen LogP contribution in [0.5, 0.6) is 5.75 Å². The van der Waals surface area contributed by atoms with Crippen molar-refractivity contribution in [1.29, 1.82) is 5.26 Å². The number of halogens is 1. The number of carbonyl (C=O) groups excluding carboxylic acids is 1. The molecule has 0 aliphatic carbocycles. The molecule has 2 aromatic rings. The van der Waals surface area contributed by atoms with Crippen molar-refractivity contribution in [2.24, 2.45) is 5.10 Å². The van der Waals surface area contributed by atoms with E-state index in [1.807, 2.05) is 6.07 Å². The van der Waals surface area contributed by atoms with E-state index in [9.17, 15) is 14.3 Å². The molecule has 1 amide bonds. The van der Waals surface area contributed by atoms with Crippen LogP contribution in [0.15, 0.2) is 53.6 Å². The largest absolute Gasteiger partial charge is 0.482 e. The van der Waals surface area contributed by atoms with E-state index < -0.39 is 24.1 Å². The third-order valence-electron chi connectivity index (χ3n) is 4.02. The Labute approximate surface area is 149 Å². The van der Waals surface area contributed by atoms with Crippen LogP contribution in [0, 0.1) is 17.1 Å². The Morgan fingerprint density at radius 3 is 2.73 bits per heavy atom. The third-order valence-corrected chi connectivity index (χ3v) is 4.02. The molecule has 1 heterocycles. The predicted molar refractivity (Wildman–Crippen MR) is 91.5 cm³/mol. The van der Waals surface area contributed by atoms with Crippen molar-refractivity contribution in [3.05, 3.63) is 65.5 Å². The van der Waals surface area contributed by atoms with Gasteiger partial charge >= 0.3 is 0 Å². The van der Waals surface area contributed by atoms with Crippen molar-refractivity contribution in [2.45, 2.75) is 19.1 Å². The Hall–Kier alpha value is -3.24. The molecule has 2 aromatic carbocycles. The van der Waals surface area contributed by atoms with Gasteiger partial charge in [-0.1, -0.05) is 24.3 Å². The molecule has 26 heavy (non-hydrogen) atoms. The van der Waals surface area contributed by atoms with Crippen LogP contribution in [0.3, 0.4) is 0 Å². The van der Waals surface area contributed by atoms with Crippen molar-refractivity contribution in [3.8, 4) is 11.8 Å². The van der Waals surface area contributed by atoms with Gasteiger partial charge in [-0.15, -0.1) is 0 Å². The molecule has 0 radical (unpaired) electrons. The van der Waals surface area contributed by atoms with E-state index in [1.54, 1.807) is 31.2 Å². The summed E-state index contributed by atoms with van der Waals surface area (Å²) < 4.78 is 18.6. The smallest absolute Gasteiger partial charge is 0.283 e. The monoisotopic (exact) mass is 353 g/mol. The summed E-state index contributed by atoms with van der Waals surface area (Å²) in [6.45, 7) is 1.28. The fourth-order valence-corrected chi connectivity index (χ4v) is 2.81. The lowest BCUT2D eigenvalue weighted by atomic mass is 9.97. The lowest BCUT2D eigenvalue weighted by molar-refractivity contribution is -0.159. The van der Waals surface area contributed by atoms with Gasteiger partial charge in [-0.2, -0.15) is 15.4 Å². The molecule has 0 saturated heterocycles. The van der Waals surface area contributed by atoms with Crippen LogP contribution < -0.4 is 4.74 Å². The summed E-state index contributed by atoms with van der Waals surface area (Å²) in [7, 11) is 0. The maximum Gasteiger partial charge on any atom is 0.283 e. The number of hydrogen-bond acceptors (Lipinski definition) is 5. The summed E-state index contributed by atoms with van der Waals surface area (Å²) in [5.74, 6) is -0.753. The SMILES string of the molecule is CC1=NN(C(=O)COc2ccccc2C#N)[C@@](O)(c2ccc(F)cc2)C1. The minimum Gasteiger partial charge on any atom is -0.482 e. The van der Waals surface area contributed by atoms with Gasteiger partial charge in [0.2, 0.25) is 0 Å². The summed E-state index contributed by atoms with van der Waals surface area (Å²) in [5.41, 5.74) is -0.490. The number of amides is 1. The molecule has 132 valence electrons. The first-order valence-corrected chi connectivity index (χ1v) is 7.91. The number of para-hydroxylation sites is 1. The van der Waals surface area contributed by atoms with Gasteiger partial charge in [0.05, 0.1) is 5.56 Å². The Bertz CT molecular complexity index is 905. The predicted octanol–water partition coefficient (Wildman–Crippen LogP) is 2.53. The standard InChI is InChI=1S/C19H16FN3O3/c1-13-10-19(25,15-6-8-16(20)9-7-15)23(22-13)18(24)12-26-17-5-3-2-4-14(17)11-21/h2-9,25H,10,12H2,1H3/t19-/m0/s1. The average Bonchev–Trinajstić information content (AvgIpc) is 2.96. The molecule has 3 rings (SSSR count). The highest BCUT2D eigenvalue weighted by atomic mass is 19.1. The zero-order chi connectivity index (χ0) is 18.7. The van der Waals surface area contributed by atoms with Gasteiger partial charge in [0.1, 0.15) is 17.6 Å². The molecule has 0 unspecified atom stereocenters. The van der Waals surface area contributed by atoms with Crippen LogP contribution in [0.25, 0.3) is 0 Å². The fourth-order valence-electron chi connectivity index (χ4n) is 2.81. The summed E-state index contributed by atoms with van der Waals surface area (Å²) in [5, 5.41) is 25.1. The second-order valence-electron chi connectivity index (χ2n) is 5.94. The minimum absolute atomic E-state index is 0.110. The van der Waals surface area contributed by atoms with Crippen molar-refractivity contribution in [3.63, 3.8) is 0 Å². The van der Waals surface area contributed by atoms with Gasteiger partial charge in [0, 0.05) is 17.7 Å². The third kappa shape index (κ3) is 3.27. The summed E-state index contributed by atoms with van der Waals surface area (Å²) in [4.78, 5) is 12.6. The second kappa shape index (κ2) is 6.94. The molecule has 0 saturated carbocycles. The molecule has 1 aliphatic rings. The molecule has 1 aliphatic heterocycles. The highest BCUT2D eigenvalue weighted by Gasteiger charge is 2.44. The van der Waals surface area contributed by atoms with E-state index in [4.69, 9.17) is 10.00 Å². The molecular formula is C19H16FN3O3. The lowest BCUT2D eigenvalue weighted by Crippen LogP contribution is -2.45. The van der Waals surface area contributed by atoms with E-state index in [0.29, 0.717) is 16.8 Å². The van der Waals surface area contributed by atoms with Gasteiger partial charge in [-0.25, -0.2) is 4.39 Å². The molecule has 6 nitrogen and oxygen atoms in total. The van der Waals surface area contributed by atoms with Gasteiger partial charge in [0.25, 0.3) is 5.91 Å². The molecule has 1 atom stereocenters. The molecule has 7 heteroatoms. The number of hydrogen-bond donors (Lipinski definition) is 1. The zero-order valence-electron chi connectivity index (χ0n) is 14.0. The van der Waals surface area contributed by atoms with Crippen molar-refractivity contribution >= 4 is 11.6 Å². The maximum atomic E-state index is 13.2. The first kappa shape index (κ1) is 17.6. The number of aliphatic hydroxyl groups is 1. The summed E-state index contributed by atoms with van der Waals surface area (Å²) in [6, 6.07) is 13.8. The lowest BCUT2D eigenvalue weighted by Gasteiger charge is -2.31. The van der Waals surface area contributed by atoms with E-state index in [0.717, 1.165) is 5.01 Å². The van der Waals surface area contributed by atoms with Crippen LogP contribution in [0.4, 0.5) is 4.39 Å². The first-order valence-electron chi connectivity index (χ1n) is 7.91. The quantitative estimate of drug-likeness (QED) is 0.915. The molecule has 1 N–H and O–H groups in total. The minimum atomic E-state index is -1.70. The van der Waals surface area contributed by atoms with Gasteiger partial charge in [-0.3, -0.25) is 4.79 Å². The van der Waals surface area contributed by atoms with Gasteiger partial charge in [0.15, 0.2) is 12.3 Å². The normalized spacial score (nSPS) is 19.0. The topological polar surface area (TPSA) is 85.9 Å². The van der Waals surface area contributed by atoms with Crippen molar-refractivity contribution < 1.29 is 19.0 Å². The zero-order valence-corrected chi connectivity index (χ0v) is 14.0. The molecule has 0 fully saturated rings. The number of nitriles is 1. The summed E-state index contributed by atoms with van der Waals surface area (Å²) in [6.07, 6.45) is 0.110.